The zero-order valence-corrected chi connectivity index (χ0v) is 11.7. The second-order valence-electron chi connectivity index (χ2n) is 3.39. The van der Waals surface area contributed by atoms with Gasteiger partial charge in [0.05, 0.1) is 5.75 Å². The van der Waals surface area contributed by atoms with Gasteiger partial charge in [-0.3, -0.25) is 4.68 Å². The van der Waals surface area contributed by atoms with Crippen LogP contribution in [-0.2, 0) is 16.6 Å². The molecule has 0 aromatic carbocycles. The predicted molar refractivity (Wildman–Crippen MR) is 73.7 cm³/mol. The molecule has 0 saturated heterocycles. The minimum atomic E-state index is -3.59. The van der Waals surface area contributed by atoms with Crippen molar-refractivity contribution in [3.05, 3.63) is 6.20 Å². The molecule has 0 atom stereocenters. The number of terminal acetylenes is 1. The molecule has 100 valence electrons. The molecule has 3 N–H and O–H groups in total. The molecule has 0 amide bonds. The van der Waals surface area contributed by atoms with E-state index in [1.807, 2.05) is 6.92 Å². The van der Waals surface area contributed by atoms with Crippen LogP contribution in [0.25, 0.3) is 0 Å². The number of hydrogen-bond acceptors (Lipinski definition) is 5. The Kier molecular flexibility index (Phi) is 5.53. The molecule has 6 nitrogen and oxygen atoms in total. The summed E-state index contributed by atoms with van der Waals surface area (Å²) < 4.78 is 27.8. The van der Waals surface area contributed by atoms with Gasteiger partial charge >= 0.3 is 0 Å². The van der Waals surface area contributed by atoms with E-state index in [4.69, 9.17) is 12.2 Å². The highest BCUT2D eigenvalue weighted by atomic mass is 32.2. The van der Waals surface area contributed by atoms with E-state index in [1.54, 1.807) is 0 Å². The van der Waals surface area contributed by atoms with Crippen molar-refractivity contribution >= 4 is 27.6 Å². The second-order valence-corrected chi connectivity index (χ2v) is 6.23. The van der Waals surface area contributed by atoms with Crippen LogP contribution < -0.4 is 10.5 Å². The number of nitrogen functional groups attached to an aromatic ring is 1. The number of hydrogen-bond donors (Lipinski definition) is 2. The molecule has 1 aromatic heterocycles. The molecule has 0 radical (unpaired) electrons. The van der Waals surface area contributed by atoms with Crippen LogP contribution in [0.3, 0.4) is 0 Å². The number of anilines is 1. The summed E-state index contributed by atoms with van der Waals surface area (Å²) in [7, 11) is -3.59. The first-order valence-corrected chi connectivity index (χ1v) is 7.99. The lowest BCUT2D eigenvalue weighted by atomic mass is 10.6. The first kappa shape index (κ1) is 14.9. The maximum absolute atomic E-state index is 11.9. The number of nitrogens with zero attached hydrogens (tertiary/aromatic N) is 2. The van der Waals surface area contributed by atoms with Gasteiger partial charge in [0, 0.05) is 25.0 Å². The molecule has 1 heterocycles. The highest BCUT2D eigenvalue weighted by Crippen LogP contribution is 2.15. The molecule has 1 rings (SSSR count). The summed E-state index contributed by atoms with van der Waals surface area (Å²) in [6, 6.07) is 0. The van der Waals surface area contributed by atoms with Crippen LogP contribution >= 0.6 is 11.8 Å². The van der Waals surface area contributed by atoms with Crippen LogP contribution in [0.15, 0.2) is 11.1 Å². The van der Waals surface area contributed by atoms with E-state index in [1.165, 1.54) is 22.6 Å². The number of nitrogens with one attached hydrogen (secondary N) is 1. The lowest BCUT2D eigenvalue weighted by molar-refractivity contribution is 0.584. The second kappa shape index (κ2) is 6.68. The first-order chi connectivity index (χ1) is 8.51. The lowest BCUT2D eigenvalue weighted by Gasteiger charge is -2.04. The topological polar surface area (TPSA) is 90.0 Å². The Balaban J connectivity index is 2.63. The average molecular weight is 288 g/mol. The summed E-state index contributed by atoms with van der Waals surface area (Å²) in [4.78, 5) is 0.0197. The van der Waals surface area contributed by atoms with E-state index >= 15 is 0 Å². The van der Waals surface area contributed by atoms with E-state index in [9.17, 15) is 8.42 Å². The first-order valence-electron chi connectivity index (χ1n) is 5.35. The van der Waals surface area contributed by atoms with Crippen molar-refractivity contribution in [2.24, 2.45) is 0 Å². The van der Waals surface area contributed by atoms with Crippen LogP contribution in [0.4, 0.5) is 5.82 Å². The largest absolute Gasteiger partial charge is 0.381 e. The summed E-state index contributed by atoms with van der Waals surface area (Å²) in [6.07, 6.45) is 6.51. The Morgan fingerprint density at radius 1 is 1.67 bits per heavy atom. The van der Waals surface area contributed by atoms with Gasteiger partial charge in [-0.2, -0.15) is 5.10 Å². The van der Waals surface area contributed by atoms with Crippen molar-refractivity contribution in [3.63, 3.8) is 0 Å². The predicted octanol–water partition coefficient (Wildman–Crippen LogP) is 0.130. The third kappa shape index (κ3) is 3.94. The third-order valence-corrected chi connectivity index (χ3v) is 4.43. The van der Waals surface area contributed by atoms with Crippen LogP contribution in [0, 0.1) is 12.3 Å². The fourth-order valence-corrected chi connectivity index (χ4v) is 2.98. The number of rotatable bonds is 7. The van der Waals surface area contributed by atoms with Crippen molar-refractivity contribution in [1.82, 2.24) is 14.5 Å². The Hall–Kier alpha value is -1.17. The maximum Gasteiger partial charge on any atom is 0.245 e. The number of nitrogens with two attached hydrogens (primary N) is 1. The molecule has 0 aliphatic carbocycles. The molecule has 0 aliphatic heterocycles. The minimum absolute atomic E-state index is 0.0145. The van der Waals surface area contributed by atoms with Gasteiger partial charge in [-0.15, -0.1) is 18.2 Å². The molecular weight excluding hydrogens is 272 g/mol. The van der Waals surface area contributed by atoms with Crippen LogP contribution in [0.5, 0.6) is 0 Å². The molecular formula is C10H16N4O2S2. The molecule has 8 heteroatoms. The van der Waals surface area contributed by atoms with E-state index in [2.05, 4.69) is 15.7 Å². The number of sulfonamides is 1. The van der Waals surface area contributed by atoms with Gasteiger partial charge in [0.15, 0.2) is 5.82 Å². The van der Waals surface area contributed by atoms with E-state index in [0.29, 0.717) is 24.6 Å². The summed E-state index contributed by atoms with van der Waals surface area (Å²) >= 11 is 1.49. The molecule has 18 heavy (non-hydrogen) atoms. The van der Waals surface area contributed by atoms with Crippen LogP contribution in [0.1, 0.15) is 6.92 Å². The summed E-state index contributed by atoms with van der Waals surface area (Å²) in [5, 5.41) is 3.90. The van der Waals surface area contributed by atoms with Crippen molar-refractivity contribution in [3.8, 4) is 12.3 Å². The Labute approximate surface area is 111 Å². The third-order valence-electron chi connectivity index (χ3n) is 2.09. The van der Waals surface area contributed by atoms with Gasteiger partial charge in [-0.25, -0.2) is 13.1 Å². The monoisotopic (exact) mass is 288 g/mol. The van der Waals surface area contributed by atoms with E-state index < -0.39 is 10.0 Å². The van der Waals surface area contributed by atoms with Gasteiger partial charge in [-0.05, 0) is 6.92 Å². The Morgan fingerprint density at radius 2 is 2.39 bits per heavy atom. The Bertz CT molecular complexity index is 531. The molecule has 0 fully saturated rings. The lowest BCUT2D eigenvalue weighted by Crippen LogP contribution is -2.26. The SMILES string of the molecule is C#CCSCCNS(=O)(=O)c1cn(CC)nc1N. The van der Waals surface area contributed by atoms with Crippen molar-refractivity contribution in [2.75, 3.05) is 23.8 Å². The number of aryl methyl sites for hydroxylation is 1. The van der Waals surface area contributed by atoms with Crippen molar-refractivity contribution in [2.45, 2.75) is 18.4 Å². The number of aromatic nitrogens is 2. The molecule has 0 saturated carbocycles. The van der Waals surface area contributed by atoms with Gasteiger partial charge in [0.25, 0.3) is 0 Å². The molecule has 1 aromatic rings. The maximum atomic E-state index is 11.9. The highest BCUT2D eigenvalue weighted by molar-refractivity contribution is 7.99. The molecule has 0 bridgehead atoms. The normalized spacial score (nSPS) is 11.3. The fourth-order valence-electron chi connectivity index (χ4n) is 1.24. The molecule has 0 spiro atoms. The zero-order valence-electron chi connectivity index (χ0n) is 10.1. The minimum Gasteiger partial charge on any atom is -0.381 e. The average Bonchev–Trinajstić information content (AvgIpc) is 2.71. The highest BCUT2D eigenvalue weighted by Gasteiger charge is 2.20. The smallest absolute Gasteiger partial charge is 0.245 e. The molecule has 0 unspecified atom stereocenters. The quantitative estimate of drug-likeness (QED) is 0.550. The summed E-state index contributed by atoms with van der Waals surface area (Å²) in [5.41, 5.74) is 5.57. The van der Waals surface area contributed by atoms with Crippen molar-refractivity contribution in [1.29, 1.82) is 0 Å². The van der Waals surface area contributed by atoms with Crippen molar-refractivity contribution < 1.29 is 8.42 Å². The van der Waals surface area contributed by atoms with E-state index in [-0.39, 0.29) is 10.7 Å². The van der Waals surface area contributed by atoms with Gasteiger partial charge in [0.1, 0.15) is 4.90 Å². The van der Waals surface area contributed by atoms with Crippen LogP contribution in [0.2, 0.25) is 0 Å². The van der Waals surface area contributed by atoms with E-state index in [0.717, 1.165) is 0 Å². The van der Waals surface area contributed by atoms with Gasteiger partial charge < -0.3 is 5.73 Å². The van der Waals surface area contributed by atoms with Crippen LogP contribution in [-0.4, -0.2) is 36.2 Å². The summed E-state index contributed by atoms with van der Waals surface area (Å²) in [6.45, 7) is 2.73. The zero-order chi connectivity index (χ0) is 13.6. The number of thioether (sulfide) groups is 1. The van der Waals surface area contributed by atoms with Gasteiger partial charge in [-0.1, -0.05) is 5.92 Å². The van der Waals surface area contributed by atoms with Gasteiger partial charge in [0.2, 0.25) is 10.0 Å². The standard InChI is InChI=1S/C10H16N4O2S2/c1-3-6-17-7-5-12-18(15,16)9-8-14(4-2)13-10(9)11/h1,8,12H,4-7H2,2H3,(H2,11,13). The molecule has 0 aliphatic rings. The fraction of sp³-hybridized carbons (Fsp3) is 0.500. The summed E-state index contributed by atoms with van der Waals surface area (Å²) in [5.74, 6) is 3.67. The Morgan fingerprint density at radius 3 is 2.94 bits per heavy atom.